The molecule has 1 heterocycles. The molecular weight excluding hydrogens is 170 g/mol. The standard InChI is InChI=1S/C9H13NOS/c1-4-7-5-8(12)9(11-3)10-6(7)2/h5,12H,4H2,1-3H3. The fourth-order valence-electron chi connectivity index (χ4n) is 1.12. The molecule has 0 radical (unpaired) electrons. The van der Waals surface area contributed by atoms with Crippen LogP contribution >= 0.6 is 12.6 Å². The van der Waals surface area contributed by atoms with Gasteiger partial charge in [-0.25, -0.2) is 4.98 Å². The zero-order chi connectivity index (χ0) is 9.14. The van der Waals surface area contributed by atoms with Crippen LogP contribution in [-0.4, -0.2) is 12.1 Å². The average molecular weight is 183 g/mol. The van der Waals surface area contributed by atoms with E-state index in [4.69, 9.17) is 4.74 Å². The lowest BCUT2D eigenvalue weighted by Gasteiger charge is -2.07. The third kappa shape index (κ3) is 1.72. The summed E-state index contributed by atoms with van der Waals surface area (Å²) in [6, 6.07) is 2.00. The van der Waals surface area contributed by atoms with Crippen LogP contribution in [0.5, 0.6) is 5.88 Å². The molecule has 0 bridgehead atoms. The van der Waals surface area contributed by atoms with Gasteiger partial charge in [0.25, 0.3) is 0 Å². The number of ether oxygens (including phenoxy) is 1. The number of hydrogen-bond donors (Lipinski definition) is 1. The Morgan fingerprint density at radius 2 is 2.25 bits per heavy atom. The van der Waals surface area contributed by atoms with Crippen molar-refractivity contribution in [1.29, 1.82) is 0 Å². The second-order valence-electron chi connectivity index (χ2n) is 2.61. The van der Waals surface area contributed by atoms with Crippen molar-refractivity contribution in [3.05, 3.63) is 17.3 Å². The number of aryl methyl sites for hydroxylation is 2. The summed E-state index contributed by atoms with van der Waals surface area (Å²) in [5.74, 6) is 0.605. The third-order valence-corrected chi connectivity index (χ3v) is 2.16. The van der Waals surface area contributed by atoms with E-state index < -0.39 is 0 Å². The van der Waals surface area contributed by atoms with Crippen molar-refractivity contribution in [2.45, 2.75) is 25.2 Å². The van der Waals surface area contributed by atoms with Crippen molar-refractivity contribution in [3.8, 4) is 5.88 Å². The fourth-order valence-corrected chi connectivity index (χ4v) is 1.42. The summed E-state index contributed by atoms with van der Waals surface area (Å²) in [4.78, 5) is 5.07. The van der Waals surface area contributed by atoms with E-state index in [0.29, 0.717) is 5.88 Å². The zero-order valence-corrected chi connectivity index (χ0v) is 8.48. The van der Waals surface area contributed by atoms with Gasteiger partial charge in [-0.05, 0) is 25.0 Å². The number of aromatic nitrogens is 1. The maximum Gasteiger partial charge on any atom is 0.227 e. The molecule has 1 aromatic heterocycles. The smallest absolute Gasteiger partial charge is 0.227 e. The van der Waals surface area contributed by atoms with Crippen LogP contribution in [0.2, 0.25) is 0 Å². The largest absolute Gasteiger partial charge is 0.480 e. The molecule has 0 atom stereocenters. The highest BCUT2D eigenvalue weighted by molar-refractivity contribution is 7.80. The Hall–Kier alpha value is -0.700. The first kappa shape index (κ1) is 9.39. The van der Waals surface area contributed by atoms with Crippen molar-refractivity contribution in [3.63, 3.8) is 0 Å². The highest BCUT2D eigenvalue weighted by Crippen LogP contribution is 2.22. The van der Waals surface area contributed by atoms with Crippen LogP contribution in [0.25, 0.3) is 0 Å². The van der Waals surface area contributed by atoms with Gasteiger partial charge in [-0.2, -0.15) is 0 Å². The lowest BCUT2D eigenvalue weighted by molar-refractivity contribution is 0.386. The summed E-state index contributed by atoms with van der Waals surface area (Å²) in [5, 5.41) is 0. The molecule has 0 N–H and O–H groups in total. The first-order chi connectivity index (χ1) is 5.69. The normalized spacial score (nSPS) is 10.0. The first-order valence-electron chi connectivity index (χ1n) is 3.92. The van der Waals surface area contributed by atoms with Gasteiger partial charge in [-0.1, -0.05) is 6.92 Å². The molecule has 0 spiro atoms. The van der Waals surface area contributed by atoms with E-state index in [1.54, 1.807) is 7.11 Å². The van der Waals surface area contributed by atoms with Gasteiger partial charge in [0.2, 0.25) is 5.88 Å². The van der Waals surface area contributed by atoms with E-state index in [0.717, 1.165) is 17.0 Å². The van der Waals surface area contributed by atoms with Gasteiger partial charge < -0.3 is 4.74 Å². The van der Waals surface area contributed by atoms with Crippen molar-refractivity contribution in [2.24, 2.45) is 0 Å². The van der Waals surface area contributed by atoms with Crippen molar-refractivity contribution in [2.75, 3.05) is 7.11 Å². The monoisotopic (exact) mass is 183 g/mol. The van der Waals surface area contributed by atoms with E-state index in [9.17, 15) is 0 Å². The molecule has 0 saturated heterocycles. The summed E-state index contributed by atoms with van der Waals surface area (Å²) in [6.45, 7) is 4.08. The van der Waals surface area contributed by atoms with Gasteiger partial charge >= 0.3 is 0 Å². The molecule has 1 aromatic rings. The van der Waals surface area contributed by atoms with Crippen LogP contribution in [0.3, 0.4) is 0 Å². The molecular formula is C9H13NOS. The number of hydrogen-bond acceptors (Lipinski definition) is 3. The first-order valence-corrected chi connectivity index (χ1v) is 4.37. The Morgan fingerprint density at radius 1 is 1.58 bits per heavy atom. The number of pyridine rings is 1. The molecule has 0 fully saturated rings. The van der Waals surface area contributed by atoms with Crippen LogP contribution in [0, 0.1) is 6.92 Å². The molecule has 2 nitrogen and oxygen atoms in total. The molecule has 66 valence electrons. The lowest BCUT2D eigenvalue weighted by atomic mass is 10.1. The molecule has 0 aliphatic rings. The molecule has 0 amide bonds. The van der Waals surface area contributed by atoms with Crippen LogP contribution in [0.15, 0.2) is 11.0 Å². The van der Waals surface area contributed by atoms with E-state index in [-0.39, 0.29) is 0 Å². The van der Waals surface area contributed by atoms with Gasteiger partial charge in [0.05, 0.1) is 12.0 Å². The summed E-state index contributed by atoms with van der Waals surface area (Å²) in [5.41, 5.74) is 2.24. The Balaban J connectivity index is 3.16. The molecule has 0 saturated carbocycles. The number of thiol groups is 1. The fraction of sp³-hybridized carbons (Fsp3) is 0.444. The Labute approximate surface area is 78.4 Å². The highest BCUT2D eigenvalue weighted by atomic mass is 32.1. The Bertz CT molecular complexity index is 256. The molecule has 1 rings (SSSR count). The van der Waals surface area contributed by atoms with Gasteiger partial charge in [0, 0.05) is 5.69 Å². The molecule has 0 unspecified atom stereocenters. The van der Waals surface area contributed by atoms with E-state index in [2.05, 4.69) is 24.5 Å². The topological polar surface area (TPSA) is 22.1 Å². The minimum absolute atomic E-state index is 0.605. The Morgan fingerprint density at radius 3 is 2.75 bits per heavy atom. The van der Waals surface area contributed by atoms with Crippen LogP contribution in [0.1, 0.15) is 18.2 Å². The van der Waals surface area contributed by atoms with Crippen LogP contribution in [0.4, 0.5) is 0 Å². The lowest BCUT2D eigenvalue weighted by Crippen LogP contribution is -1.96. The predicted octanol–water partition coefficient (Wildman–Crippen LogP) is 2.25. The van der Waals surface area contributed by atoms with Crippen LogP contribution < -0.4 is 4.74 Å². The third-order valence-electron chi connectivity index (χ3n) is 1.84. The zero-order valence-electron chi connectivity index (χ0n) is 7.59. The van der Waals surface area contributed by atoms with Gasteiger partial charge in [0.1, 0.15) is 0 Å². The van der Waals surface area contributed by atoms with Crippen molar-refractivity contribution in [1.82, 2.24) is 4.98 Å². The maximum absolute atomic E-state index is 5.04. The van der Waals surface area contributed by atoms with Gasteiger partial charge in [0.15, 0.2) is 0 Å². The van der Waals surface area contributed by atoms with E-state index >= 15 is 0 Å². The predicted molar refractivity (Wildman–Crippen MR) is 52.2 cm³/mol. The minimum Gasteiger partial charge on any atom is -0.480 e. The summed E-state index contributed by atoms with van der Waals surface area (Å²) in [7, 11) is 1.60. The number of nitrogens with zero attached hydrogens (tertiary/aromatic N) is 1. The van der Waals surface area contributed by atoms with E-state index in [1.165, 1.54) is 5.56 Å². The average Bonchev–Trinajstić information content (AvgIpc) is 2.08. The highest BCUT2D eigenvalue weighted by Gasteiger charge is 2.04. The molecule has 0 aliphatic carbocycles. The van der Waals surface area contributed by atoms with Crippen molar-refractivity contribution >= 4 is 12.6 Å². The second kappa shape index (κ2) is 3.81. The minimum atomic E-state index is 0.605. The SMILES string of the molecule is CCc1cc(S)c(OC)nc1C. The summed E-state index contributed by atoms with van der Waals surface area (Å²) < 4.78 is 5.04. The van der Waals surface area contributed by atoms with Gasteiger partial charge in [-0.15, -0.1) is 12.6 Å². The summed E-state index contributed by atoms with van der Waals surface area (Å²) >= 11 is 4.26. The second-order valence-corrected chi connectivity index (χ2v) is 3.10. The molecule has 12 heavy (non-hydrogen) atoms. The van der Waals surface area contributed by atoms with E-state index in [1.807, 2.05) is 13.0 Å². The Kier molecular flexibility index (Phi) is 2.98. The number of rotatable bonds is 2. The summed E-state index contributed by atoms with van der Waals surface area (Å²) in [6.07, 6.45) is 0.983. The number of methoxy groups -OCH3 is 1. The molecule has 0 aromatic carbocycles. The maximum atomic E-state index is 5.04. The van der Waals surface area contributed by atoms with Gasteiger partial charge in [-0.3, -0.25) is 0 Å². The molecule has 0 aliphatic heterocycles. The molecule has 3 heteroatoms. The van der Waals surface area contributed by atoms with Crippen molar-refractivity contribution < 1.29 is 4.74 Å². The van der Waals surface area contributed by atoms with Crippen LogP contribution in [-0.2, 0) is 6.42 Å². The quantitative estimate of drug-likeness (QED) is 0.710.